The summed E-state index contributed by atoms with van der Waals surface area (Å²) in [7, 11) is -1.84. The molecule has 1 heterocycles. The summed E-state index contributed by atoms with van der Waals surface area (Å²) in [6.45, 7) is 3.99. The molecule has 0 unspecified atom stereocenters. The topological polar surface area (TPSA) is 12.9 Å². The first kappa shape index (κ1) is 9.45. The SMILES string of the molecule is [2H]C([2H])([2H])c1cc(-c2ccccc2F)ncc1[Si](C)(C)C. The molecular weight excluding hydrogens is 241 g/mol. The van der Waals surface area contributed by atoms with Crippen molar-refractivity contribution in [2.75, 3.05) is 0 Å². The van der Waals surface area contributed by atoms with Crippen molar-refractivity contribution >= 4 is 13.3 Å². The average molecular weight is 262 g/mol. The van der Waals surface area contributed by atoms with Gasteiger partial charge in [-0.1, -0.05) is 31.8 Å². The van der Waals surface area contributed by atoms with Crippen molar-refractivity contribution in [3.8, 4) is 11.3 Å². The summed E-state index contributed by atoms with van der Waals surface area (Å²) in [4.78, 5) is 4.30. The van der Waals surface area contributed by atoms with Gasteiger partial charge in [-0.05, 0) is 35.8 Å². The highest BCUT2D eigenvalue weighted by Gasteiger charge is 2.19. The van der Waals surface area contributed by atoms with Gasteiger partial charge in [-0.15, -0.1) is 0 Å². The number of hydrogen-bond donors (Lipinski definition) is 0. The number of pyridine rings is 1. The molecule has 94 valence electrons. The van der Waals surface area contributed by atoms with E-state index in [2.05, 4.69) is 24.6 Å². The third-order valence-corrected chi connectivity index (χ3v) is 4.88. The van der Waals surface area contributed by atoms with Crippen LogP contribution in [0.1, 0.15) is 9.68 Å². The average Bonchev–Trinajstić information content (AvgIpc) is 2.36. The van der Waals surface area contributed by atoms with E-state index in [1.54, 1.807) is 24.4 Å². The Labute approximate surface area is 113 Å². The molecule has 0 spiro atoms. The van der Waals surface area contributed by atoms with E-state index in [-0.39, 0.29) is 5.56 Å². The molecule has 0 fully saturated rings. The second-order valence-electron chi connectivity index (χ2n) is 5.34. The fourth-order valence-corrected chi connectivity index (χ4v) is 3.20. The summed E-state index contributed by atoms with van der Waals surface area (Å²) < 4.78 is 37.1. The van der Waals surface area contributed by atoms with Crippen LogP contribution in [0.25, 0.3) is 11.3 Å². The zero-order valence-corrected chi connectivity index (χ0v) is 11.8. The van der Waals surface area contributed by atoms with Gasteiger partial charge in [0.05, 0.1) is 13.8 Å². The Hall–Kier alpha value is -1.48. The monoisotopic (exact) mass is 262 g/mol. The molecule has 0 bridgehead atoms. The minimum absolute atomic E-state index is 0.287. The molecule has 0 aliphatic heterocycles. The van der Waals surface area contributed by atoms with Gasteiger partial charge < -0.3 is 0 Å². The van der Waals surface area contributed by atoms with Crippen LogP contribution in [0.5, 0.6) is 0 Å². The molecule has 0 amide bonds. The van der Waals surface area contributed by atoms with E-state index in [0.717, 1.165) is 5.19 Å². The van der Waals surface area contributed by atoms with Crippen LogP contribution in [-0.4, -0.2) is 13.1 Å². The third-order valence-electron chi connectivity index (χ3n) is 2.86. The second-order valence-corrected chi connectivity index (χ2v) is 10.4. The predicted octanol–water partition coefficient (Wildman–Crippen LogP) is 3.74. The highest BCUT2D eigenvalue weighted by Crippen LogP contribution is 2.21. The van der Waals surface area contributed by atoms with Crippen molar-refractivity contribution in [3.63, 3.8) is 0 Å². The number of benzene rings is 1. The quantitative estimate of drug-likeness (QED) is 0.751. The van der Waals surface area contributed by atoms with Gasteiger partial charge in [0.1, 0.15) is 5.82 Å². The molecule has 2 aromatic rings. The lowest BCUT2D eigenvalue weighted by Gasteiger charge is -2.19. The van der Waals surface area contributed by atoms with Crippen LogP contribution < -0.4 is 5.19 Å². The summed E-state index contributed by atoms with van der Waals surface area (Å²) in [6.07, 6.45) is 1.61. The number of rotatable bonds is 2. The van der Waals surface area contributed by atoms with E-state index < -0.39 is 20.7 Å². The van der Waals surface area contributed by atoms with Gasteiger partial charge in [-0.2, -0.15) is 0 Å². The lowest BCUT2D eigenvalue weighted by molar-refractivity contribution is 0.630. The zero-order valence-electron chi connectivity index (χ0n) is 13.8. The number of aromatic nitrogens is 1. The Balaban J connectivity index is 2.66. The molecule has 1 aromatic carbocycles. The zero-order chi connectivity index (χ0) is 15.8. The Morgan fingerprint density at radius 1 is 1.22 bits per heavy atom. The minimum Gasteiger partial charge on any atom is -0.256 e. The van der Waals surface area contributed by atoms with Crippen LogP contribution in [0.15, 0.2) is 36.5 Å². The van der Waals surface area contributed by atoms with Crippen LogP contribution in [0.4, 0.5) is 4.39 Å². The normalized spacial score (nSPS) is 14.8. The number of nitrogens with zero attached hydrogens (tertiary/aromatic N) is 1. The summed E-state index contributed by atoms with van der Waals surface area (Å²) in [5.41, 5.74) is 0.973. The van der Waals surface area contributed by atoms with Crippen LogP contribution in [-0.2, 0) is 0 Å². The summed E-state index contributed by atoms with van der Waals surface area (Å²) in [5.74, 6) is -0.401. The Morgan fingerprint density at radius 2 is 1.94 bits per heavy atom. The van der Waals surface area contributed by atoms with Crippen LogP contribution in [0.2, 0.25) is 19.6 Å². The first-order valence-electron chi connectivity index (χ1n) is 7.36. The van der Waals surface area contributed by atoms with Gasteiger partial charge in [-0.25, -0.2) is 4.39 Å². The van der Waals surface area contributed by atoms with E-state index in [0.29, 0.717) is 11.3 Å². The standard InChI is InChI=1S/C15H18FNSi/c1-11-9-14(12-7-5-6-8-13(12)16)17-10-15(11)18(2,3)4/h5-10H,1-4H3/i1D3. The minimum atomic E-state index is -2.22. The smallest absolute Gasteiger partial charge is 0.132 e. The van der Waals surface area contributed by atoms with Crippen molar-refractivity contribution in [3.05, 3.63) is 47.9 Å². The van der Waals surface area contributed by atoms with E-state index in [1.165, 1.54) is 12.1 Å². The largest absolute Gasteiger partial charge is 0.256 e. The Kier molecular flexibility index (Phi) is 2.44. The van der Waals surface area contributed by atoms with Crippen molar-refractivity contribution < 1.29 is 8.50 Å². The fraction of sp³-hybridized carbons (Fsp3) is 0.267. The maximum absolute atomic E-state index is 13.9. The fourth-order valence-electron chi connectivity index (χ4n) is 1.87. The number of aryl methyl sites for hydroxylation is 1. The van der Waals surface area contributed by atoms with Crippen LogP contribution in [0.3, 0.4) is 0 Å². The molecule has 0 aliphatic carbocycles. The molecule has 18 heavy (non-hydrogen) atoms. The molecule has 3 heteroatoms. The van der Waals surface area contributed by atoms with Crippen molar-refractivity contribution in [2.45, 2.75) is 26.5 Å². The van der Waals surface area contributed by atoms with Gasteiger partial charge in [0, 0.05) is 15.9 Å². The maximum Gasteiger partial charge on any atom is 0.132 e. The van der Waals surface area contributed by atoms with Gasteiger partial charge in [0.15, 0.2) is 0 Å². The molecule has 0 saturated heterocycles. The molecule has 0 aliphatic rings. The van der Waals surface area contributed by atoms with E-state index in [4.69, 9.17) is 4.11 Å². The summed E-state index contributed by atoms with van der Waals surface area (Å²) >= 11 is 0. The van der Waals surface area contributed by atoms with Gasteiger partial charge in [0.2, 0.25) is 0 Å². The van der Waals surface area contributed by atoms with E-state index in [1.807, 2.05) is 0 Å². The van der Waals surface area contributed by atoms with Gasteiger partial charge in [0.25, 0.3) is 0 Å². The molecule has 0 saturated carbocycles. The molecule has 0 radical (unpaired) electrons. The maximum atomic E-state index is 13.9. The van der Waals surface area contributed by atoms with Crippen LogP contribution >= 0.6 is 0 Å². The molecular formula is C15H18FNSi. The first-order valence-corrected chi connectivity index (χ1v) is 9.36. The van der Waals surface area contributed by atoms with E-state index >= 15 is 0 Å². The summed E-state index contributed by atoms with van der Waals surface area (Å²) in [5, 5.41) is 0.794. The van der Waals surface area contributed by atoms with Crippen molar-refractivity contribution in [1.82, 2.24) is 4.98 Å². The molecule has 0 N–H and O–H groups in total. The lowest BCUT2D eigenvalue weighted by atomic mass is 10.1. The Morgan fingerprint density at radius 3 is 2.56 bits per heavy atom. The third kappa shape index (κ3) is 2.51. The second kappa shape index (κ2) is 4.65. The highest BCUT2D eigenvalue weighted by atomic mass is 28.3. The summed E-state index contributed by atoms with van der Waals surface area (Å²) in [6, 6.07) is 7.77. The van der Waals surface area contributed by atoms with Crippen molar-refractivity contribution in [1.29, 1.82) is 0 Å². The highest BCUT2D eigenvalue weighted by molar-refractivity contribution is 6.89. The van der Waals surface area contributed by atoms with E-state index in [9.17, 15) is 4.39 Å². The van der Waals surface area contributed by atoms with Gasteiger partial charge in [-0.3, -0.25) is 4.98 Å². The molecule has 1 nitrogen and oxygen atoms in total. The van der Waals surface area contributed by atoms with Crippen molar-refractivity contribution in [2.24, 2.45) is 0 Å². The molecule has 1 aromatic heterocycles. The first-order chi connectivity index (χ1) is 9.60. The van der Waals surface area contributed by atoms with Gasteiger partial charge >= 0.3 is 0 Å². The number of halogens is 1. The molecule has 2 rings (SSSR count). The predicted molar refractivity (Wildman–Crippen MR) is 77.3 cm³/mol. The van der Waals surface area contributed by atoms with Crippen LogP contribution in [0, 0.1) is 12.7 Å². The Bertz CT molecular complexity index is 663. The molecule has 0 atom stereocenters. The lowest BCUT2D eigenvalue weighted by Crippen LogP contribution is -2.39. The number of hydrogen-bond acceptors (Lipinski definition) is 1.